The molecule has 1 aromatic rings. The predicted octanol–water partition coefficient (Wildman–Crippen LogP) is 2.02. The Morgan fingerprint density at radius 1 is 1.39 bits per heavy atom. The first-order valence-electron chi connectivity index (χ1n) is 5.82. The Balaban J connectivity index is 2.13. The van der Waals surface area contributed by atoms with Gasteiger partial charge in [0.05, 0.1) is 12.6 Å². The molecule has 0 spiro atoms. The first-order valence-corrected chi connectivity index (χ1v) is 5.82. The third-order valence-corrected chi connectivity index (χ3v) is 2.21. The normalized spacial score (nSPS) is 14.1. The van der Waals surface area contributed by atoms with Crippen molar-refractivity contribution in [1.29, 1.82) is 0 Å². The molecular formula is C13H15NO4. The lowest BCUT2D eigenvalue weighted by Gasteiger charge is -2.13. The number of para-hydroxylation sites is 1. The van der Waals surface area contributed by atoms with E-state index in [2.05, 4.69) is 4.99 Å². The van der Waals surface area contributed by atoms with Gasteiger partial charge in [-0.3, -0.25) is 0 Å². The van der Waals surface area contributed by atoms with E-state index in [0.29, 0.717) is 24.5 Å². The largest absolute Gasteiger partial charge is 0.490 e. The maximum Gasteiger partial charge on any atom is 0.391 e. The number of hydrogen-bond donors (Lipinski definition) is 0. The van der Waals surface area contributed by atoms with E-state index in [1.165, 1.54) is 0 Å². The second kappa shape index (κ2) is 5.53. The van der Waals surface area contributed by atoms with Gasteiger partial charge in [-0.1, -0.05) is 12.1 Å². The van der Waals surface area contributed by atoms with E-state index in [4.69, 9.17) is 14.2 Å². The van der Waals surface area contributed by atoms with E-state index in [1.807, 2.05) is 13.8 Å². The molecule has 0 N–H and O–H groups in total. The van der Waals surface area contributed by atoms with Gasteiger partial charge in [0.2, 0.25) is 0 Å². The van der Waals surface area contributed by atoms with Gasteiger partial charge in [-0.2, -0.15) is 0 Å². The summed E-state index contributed by atoms with van der Waals surface area (Å²) in [7, 11) is 0. The van der Waals surface area contributed by atoms with Crippen molar-refractivity contribution < 1.29 is 19.0 Å². The average Bonchev–Trinajstić information content (AvgIpc) is 2.81. The molecule has 5 nitrogen and oxygen atoms in total. The quantitative estimate of drug-likeness (QED) is 0.769. The Labute approximate surface area is 105 Å². The second-order valence-electron chi connectivity index (χ2n) is 4.05. The molecule has 5 heteroatoms. The summed E-state index contributed by atoms with van der Waals surface area (Å²) in [5.41, 5.74) is 0.365. The summed E-state index contributed by atoms with van der Waals surface area (Å²) in [6.07, 6.45) is 0.0124. The van der Waals surface area contributed by atoms with E-state index in [0.717, 1.165) is 0 Å². The monoisotopic (exact) mass is 249 g/mol. The third-order valence-electron chi connectivity index (χ3n) is 2.21. The summed E-state index contributed by atoms with van der Waals surface area (Å²) in [5, 5.41) is 0. The van der Waals surface area contributed by atoms with Gasteiger partial charge in [-0.15, -0.1) is 0 Å². The fourth-order valence-corrected chi connectivity index (χ4v) is 1.50. The van der Waals surface area contributed by atoms with Crippen LogP contribution in [0.15, 0.2) is 29.3 Å². The topological polar surface area (TPSA) is 57.1 Å². The smallest absolute Gasteiger partial charge is 0.391 e. The molecule has 0 bridgehead atoms. The van der Waals surface area contributed by atoms with Gasteiger partial charge in [0.25, 0.3) is 0 Å². The van der Waals surface area contributed by atoms with Gasteiger partial charge in [0.15, 0.2) is 0 Å². The molecule has 96 valence electrons. The first kappa shape index (κ1) is 12.4. The van der Waals surface area contributed by atoms with Crippen molar-refractivity contribution in [2.75, 3.05) is 13.2 Å². The minimum atomic E-state index is -0.521. The number of carbonyl (C=O) groups excluding carboxylic acids is 1. The van der Waals surface area contributed by atoms with Crippen molar-refractivity contribution in [3.05, 3.63) is 29.8 Å². The lowest BCUT2D eigenvalue weighted by molar-refractivity contribution is 0.0647. The number of rotatable bonds is 3. The molecule has 0 saturated heterocycles. The first-order chi connectivity index (χ1) is 8.66. The summed E-state index contributed by atoms with van der Waals surface area (Å²) in [6, 6.07) is 6.93. The van der Waals surface area contributed by atoms with Crippen LogP contribution in [0.5, 0.6) is 5.75 Å². The van der Waals surface area contributed by atoms with Crippen LogP contribution in [-0.2, 0) is 9.47 Å². The number of hydrogen-bond acceptors (Lipinski definition) is 5. The van der Waals surface area contributed by atoms with Gasteiger partial charge >= 0.3 is 12.1 Å². The lowest BCUT2D eigenvalue weighted by atomic mass is 10.2. The van der Waals surface area contributed by atoms with E-state index < -0.39 is 5.97 Å². The molecule has 0 atom stereocenters. The van der Waals surface area contributed by atoms with Crippen LogP contribution in [0.1, 0.15) is 24.2 Å². The highest BCUT2D eigenvalue weighted by Gasteiger charge is 2.19. The van der Waals surface area contributed by atoms with Crippen LogP contribution in [0.4, 0.5) is 0 Å². The second-order valence-corrected chi connectivity index (χ2v) is 4.05. The van der Waals surface area contributed by atoms with Crippen LogP contribution in [0, 0.1) is 0 Å². The number of benzene rings is 1. The summed E-state index contributed by atoms with van der Waals surface area (Å²) in [6.45, 7) is 4.76. The molecule has 1 aromatic carbocycles. The van der Waals surface area contributed by atoms with Crippen LogP contribution >= 0.6 is 0 Å². The Bertz CT molecular complexity index is 468. The summed E-state index contributed by atoms with van der Waals surface area (Å²) < 4.78 is 15.6. The molecule has 0 unspecified atom stereocenters. The fraction of sp³-hybridized carbons (Fsp3) is 0.385. The number of carbonyl (C=O) groups is 1. The summed E-state index contributed by atoms with van der Waals surface area (Å²) in [4.78, 5) is 15.8. The Morgan fingerprint density at radius 2 is 2.17 bits per heavy atom. The minimum Gasteiger partial charge on any atom is -0.490 e. The molecule has 1 heterocycles. The van der Waals surface area contributed by atoms with Crippen LogP contribution in [0.3, 0.4) is 0 Å². The zero-order chi connectivity index (χ0) is 13.0. The molecule has 0 saturated carbocycles. The van der Waals surface area contributed by atoms with E-state index in [9.17, 15) is 4.79 Å². The molecular weight excluding hydrogens is 234 g/mol. The molecule has 0 aliphatic carbocycles. The van der Waals surface area contributed by atoms with Crippen molar-refractivity contribution >= 4 is 12.1 Å². The highest BCUT2D eigenvalue weighted by atomic mass is 16.7. The average molecular weight is 249 g/mol. The maximum absolute atomic E-state index is 11.9. The molecule has 0 amide bonds. The third kappa shape index (κ3) is 3.00. The standard InChI is InChI=1S/C13H15NO4/c1-9(2)17-11-6-4-3-5-10(11)12(15)18-13-14-7-8-16-13/h3-6,9H,7-8H2,1-2H3. The number of esters is 1. The SMILES string of the molecule is CC(C)Oc1ccccc1C(=O)OC1=NCCO1. The van der Waals surface area contributed by atoms with Crippen molar-refractivity contribution in [3.63, 3.8) is 0 Å². The van der Waals surface area contributed by atoms with Crippen molar-refractivity contribution in [2.45, 2.75) is 20.0 Å². The number of aliphatic imine (C=N–C) groups is 1. The van der Waals surface area contributed by atoms with Crippen molar-refractivity contribution in [1.82, 2.24) is 0 Å². The Kier molecular flexibility index (Phi) is 3.82. The van der Waals surface area contributed by atoms with Crippen LogP contribution in [-0.4, -0.2) is 31.3 Å². The number of nitrogens with zero attached hydrogens (tertiary/aromatic N) is 1. The number of ether oxygens (including phenoxy) is 3. The molecule has 0 aromatic heterocycles. The lowest BCUT2D eigenvalue weighted by Crippen LogP contribution is -2.15. The fourth-order valence-electron chi connectivity index (χ4n) is 1.50. The minimum absolute atomic E-state index is 0.0148. The van der Waals surface area contributed by atoms with Gasteiger partial charge in [0, 0.05) is 0 Å². The van der Waals surface area contributed by atoms with Crippen molar-refractivity contribution in [3.8, 4) is 5.75 Å². The Hall–Kier alpha value is -2.04. The van der Waals surface area contributed by atoms with Gasteiger partial charge in [0.1, 0.15) is 17.9 Å². The Morgan fingerprint density at radius 3 is 2.83 bits per heavy atom. The predicted molar refractivity (Wildman–Crippen MR) is 65.9 cm³/mol. The zero-order valence-corrected chi connectivity index (χ0v) is 10.4. The highest BCUT2D eigenvalue weighted by molar-refractivity contribution is 5.98. The van der Waals surface area contributed by atoms with Crippen LogP contribution < -0.4 is 4.74 Å². The molecule has 18 heavy (non-hydrogen) atoms. The maximum atomic E-state index is 11.9. The van der Waals surface area contributed by atoms with Gasteiger partial charge in [-0.05, 0) is 26.0 Å². The summed E-state index contributed by atoms with van der Waals surface area (Å²) >= 11 is 0. The van der Waals surface area contributed by atoms with Crippen molar-refractivity contribution in [2.24, 2.45) is 4.99 Å². The van der Waals surface area contributed by atoms with E-state index in [1.54, 1.807) is 24.3 Å². The molecule has 0 fully saturated rings. The van der Waals surface area contributed by atoms with Gasteiger partial charge < -0.3 is 14.2 Å². The molecule has 2 rings (SSSR count). The van der Waals surface area contributed by atoms with Crippen LogP contribution in [0.25, 0.3) is 0 Å². The van der Waals surface area contributed by atoms with E-state index >= 15 is 0 Å². The van der Waals surface area contributed by atoms with Gasteiger partial charge in [-0.25, -0.2) is 9.79 Å². The molecule has 1 aliphatic heterocycles. The highest BCUT2D eigenvalue weighted by Crippen LogP contribution is 2.20. The van der Waals surface area contributed by atoms with E-state index in [-0.39, 0.29) is 12.2 Å². The molecule has 0 radical (unpaired) electrons. The zero-order valence-electron chi connectivity index (χ0n) is 10.4. The molecule has 1 aliphatic rings. The summed E-state index contributed by atoms with van der Waals surface area (Å²) in [5.74, 6) is -0.0250. The van der Waals surface area contributed by atoms with Crippen LogP contribution in [0.2, 0.25) is 0 Å².